The average molecular weight is 433 g/mol. The molecule has 0 spiro atoms. The molecule has 3 aromatic carbocycles. The monoisotopic (exact) mass is 432 g/mol. The highest BCUT2D eigenvalue weighted by atomic mass is 35.5. The van der Waals surface area contributed by atoms with Gasteiger partial charge in [0.2, 0.25) is 0 Å². The van der Waals surface area contributed by atoms with Gasteiger partial charge < -0.3 is 15.2 Å². The van der Waals surface area contributed by atoms with Crippen LogP contribution in [0.25, 0.3) is 6.08 Å². The zero-order chi connectivity index (χ0) is 22.2. The van der Waals surface area contributed by atoms with Gasteiger partial charge in [0.1, 0.15) is 24.0 Å². The van der Waals surface area contributed by atoms with Crippen molar-refractivity contribution in [3.8, 4) is 11.8 Å². The highest BCUT2D eigenvalue weighted by molar-refractivity contribution is 6.30. The van der Waals surface area contributed by atoms with Gasteiger partial charge in [0.25, 0.3) is 5.91 Å². The van der Waals surface area contributed by atoms with E-state index in [1.165, 1.54) is 18.2 Å². The topological polar surface area (TPSA) is 99.4 Å². The molecule has 2 N–H and O–H groups in total. The molecule has 7 heteroatoms. The van der Waals surface area contributed by atoms with Gasteiger partial charge in [-0.15, -0.1) is 0 Å². The lowest BCUT2D eigenvalue weighted by molar-refractivity contribution is -0.112. The fourth-order valence-corrected chi connectivity index (χ4v) is 2.74. The Kier molecular flexibility index (Phi) is 7.05. The van der Waals surface area contributed by atoms with Crippen molar-refractivity contribution < 1.29 is 19.4 Å². The number of carbonyl (C=O) groups is 2. The minimum absolute atomic E-state index is 0.0397. The number of nitrogens with zero attached hydrogens (tertiary/aromatic N) is 1. The maximum absolute atomic E-state index is 12.3. The molecule has 0 unspecified atom stereocenters. The minimum Gasteiger partial charge on any atom is -0.489 e. The van der Waals surface area contributed by atoms with Crippen molar-refractivity contribution in [2.24, 2.45) is 0 Å². The number of anilines is 1. The molecule has 0 fully saturated rings. The molecule has 0 radical (unpaired) electrons. The molecule has 0 saturated carbocycles. The molecule has 3 rings (SSSR count). The first-order valence-electron chi connectivity index (χ1n) is 9.18. The van der Waals surface area contributed by atoms with Crippen LogP contribution in [0.4, 0.5) is 5.69 Å². The number of aromatic carboxylic acids is 1. The number of hydrogen-bond acceptors (Lipinski definition) is 4. The number of nitriles is 1. The number of carboxylic acid groups (broad SMARTS) is 1. The Balaban J connectivity index is 1.61. The Labute approximate surface area is 184 Å². The van der Waals surface area contributed by atoms with Gasteiger partial charge in [-0.05, 0) is 65.7 Å². The summed E-state index contributed by atoms with van der Waals surface area (Å²) in [4.78, 5) is 23.2. The summed E-state index contributed by atoms with van der Waals surface area (Å²) in [6.45, 7) is 0.280. The lowest BCUT2D eigenvalue weighted by Crippen LogP contribution is -2.13. The van der Waals surface area contributed by atoms with Crippen molar-refractivity contribution in [3.05, 3.63) is 100 Å². The molecule has 0 bridgehead atoms. The second kappa shape index (κ2) is 10.1. The molecule has 0 aliphatic rings. The summed E-state index contributed by atoms with van der Waals surface area (Å²) in [6, 6.07) is 21.8. The summed E-state index contributed by atoms with van der Waals surface area (Å²) in [5.74, 6) is -0.895. The average Bonchev–Trinajstić information content (AvgIpc) is 2.78. The van der Waals surface area contributed by atoms with Gasteiger partial charge in [-0.3, -0.25) is 4.79 Å². The number of carbonyl (C=O) groups excluding carboxylic acids is 1. The molecule has 3 aromatic rings. The van der Waals surface area contributed by atoms with E-state index >= 15 is 0 Å². The lowest BCUT2D eigenvalue weighted by Gasteiger charge is -2.07. The fraction of sp³-hybridized carbons (Fsp3) is 0.0417. The molecule has 0 saturated heterocycles. The third kappa shape index (κ3) is 6.20. The van der Waals surface area contributed by atoms with Gasteiger partial charge in [0.15, 0.2) is 0 Å². The summed E-state index contributed by atoms with van der Waals surface area (Å²) in [6.07, 6.45) is 1.49. The smallest absolute Gasteiger partial charge is 0.335 e. The van der Waals surface area contributed by atoms with Crippen LogP contribution < -0.4 is 10.1 Å². The largest absolute Gasteiger partial charge is 0.489 e. The highest BCUT2D eigenvalue weighted by Gasteiger charge is 2.10. The van der Waals surface area contributed by atoms with Gasteiger partial charge >= 0.3 is 5.97 Å². The van der Waals surface area contributed by atoms with Gasteiger partial charge in [-0.2, -0.15) is 5.26 Å². The van der Waals surface area contributed by atoms with Crippen LogP contribution in [0.3, 0.4) is 0 Å². The van der Waals surface area contributed by atoms with Crippen LogP contribution in [0.1, 0.15) is 21.5 Å². The van der Waals surface area contributed by atoms with Crippen LogP contribution in [0, 0.1) is 11.3 Å². The Bertz CT molecular complexity index is 1150. The molecule has 154 valence electrons. The number of carboxylic acids is 1. The second-order valence-electron chi connectivity index (χ2n) is 6.49. The standard InChI is InChI=1S/C24H17ClN2O4/c25-20-7-9-21(10-8-20)27-23(28)19(14-26)13-16-3-11-22(12-4-16)31-15-17-1-5-18(6-2-17)24(29)30/h1-13H,15H2,(H,27,28)(H,29,30)/b19-13+. The molecule has 1 amide bonds. The maximum Gasteiger partial charge on any atom is 0.335 e. The molecule has 0 aromatic heterocycles. The zero-order valence-electron chi connectivity index (χ0n) is 16.2. The zero-order valence-corrected chi connectivity index (χ0v) is 17.0. The van der Waals surface area contributed by atoms with Gasteiger partial charge in [0.05, 0.1) is 5.56 Å². The first kappa shape index (κ1) is 21.6. The molecular weight excluding hydrogens is 416 g/mol. The van der Waals surface area contributed by atoms with Crippen LogP contribution in [0.2, 0.25) is 5.02 Å². The van der Waals surface area contributed by atoms with Gasteiger partial charge in [0, 0.05) is 10.7 Å². The van der Waals surface area contributed by atoms with Crippen LogP contribution in [-0.4, -0.2) is 17.0 Å². The SMILES string of the molecule is N#C/C(=C\c1ccc(OCc2ccc(C(=O)O)cc2)cc1)C(=O)Nc1ccc(Cl)cc1. The van der Waals surface area contributed by atoms with E-state index in [9.17, 15) is 14.9 Å². The predicted molar refractivity (Wildman–Crippen MR) is 118 cm³/mol. The van der Waals surface area contributed by atoms with E-state index in [2.05, 4.69) is 5.32 Å². The summed E-state index contributed by atoms with van der Waals surface area (Å²) in [7, 11) is 0. The Hall–Kier alpha value is -4.08. The molecule has 0 aliphatic carbocycles. The first-order valence-corrected chi connectivity index (χ1v) is 9.56. The van der Waals surface area contributed by atoms with Crippen molar-refractivity contribution in [3.63, 3.8) is 0 Å². The number of amides is 1. The van der Waals surface area contributed by atoms with Crippen molar-refractivity contribution in [2.45, 2.75) is 6.61 Å². The van der Waals surface area contributed by atoms with Crippen molar-refractivity contribution in [1.82, 2.24) is 0 Å². The maximum atomic E-state index is 12.3. The quantitative estimate of drug-likeness (QED) is 0.396. The fourth-order valence-electron chi connectivity index (χ4n) is 2.62. The Morgan fingerprint density at radius 2 is 1.65 bits per heavy atom. The van der Waals surface area contributed by atoms with Crippen LogP contribution >= 0.6 is 11.6 Å². The van der Waals surface area contributed by atoms with E-state index in [0.717, 1.165) is 5.56 Å². The van der Waals surface area contributed by atoms with E-state index in [-0.39, 0.29) is 17.7 Å². The molecule has 31 heavy (non-hydrogen) atoms. The second-order valence-corrected chi connectivity index (χ2v) is 6.93. The molecule has 0 aliphatic heterocycles. The Morgan fingerprint density at radius 1 is 1.00 bits per heavy atom. The number of hydrogen-bond donors (Lipinski definition) is 2. The normalized spacial score (nSPS) is 10.8. The number of ether oxygens (including phenoxy) is 1. The van der Waals surface area contributed by atoms with Crippen molar-refractivity contribution in [1.29, 1.82) is 5.26 Å². The van der Waals surface area contributed by atoms with Crippen molar-refractivity contribution >= 4 is 35.2 Å². The predicted octanol–water partition coefficient (Wildman–Crippen LogP) is 5.16. The lowest BCUT2D eigenvalue weighted by atomic mass is 10.1. The van der Waals surface area contributed by atoms with Crippen LogP contribution in [0.15, 0.2) is 78.4 Å². The number of halogens is 1. The summed E-state index contributed by atoms with van der Waals surface area (Å²) in [5, 5.41) is 21.5. The number of rotatable bonds is 7. The van der Waals surface area contributed by atoms with Gasteiger partial charge in [-0.1, -0.05) is 35.9 Å². The van der Waals surface area contributed by atoms with Crippen molar-refractivity contribution in [2.75, 3.05) is 5.32 Å². The molecule has 0 heterocycles. The van der Waals surface area contributed by atoms with E-state index in [4.69, 9.17) is 21.4 Å². The highest BCUT2D eigenvalue weighted by Crippen LogP contribution is 2.18. The van der Waals surface area contributed by atoms with E-state index in [1.807, 2.05) is 6.07 Å². The number of benzene rings is 3. The summed E-state index contributed by atoms with van der Waals surface area (Å²) >= 11 is 5.82. The van der Waals surface area contributed by atoms with Crippen LogP contribution in [-0.2, 0) is 11.4 Å². The first-order chi connectivity index (χ1) is 14.9. The summed E-state index contributed by atoms with van der Waals surface area (Å²) < 4.78 is 5.69. The molecule has 0 atom stereocenters. The van der Waals surface area contributed by atoms with Crippen LogP contribution in [0.5, 0.6) is 5.75 Å². The van der Waals surface area contributed by atoms with E-state index in [0.29, 0.717) is 22.0 Å². The third-order valence-corrected chi connectivity index (χ3v) is 4.52. The van der Waals surface area contributed by atoms with E-state index in [1.54, 1.807) is 60.7 Å². The summed E-state index contributed by atoms with van der Waals surface area (Å²) in [5.41, 5.74) is 2.21. The number of nitrogens with one attached hydrogen (secondary N) is 1. The van der Waals surface area contributed by atoms with E-state index < -0.39 is 11.9 Å². The minimum atomic E-state index is -0.977. The Morgan fingerprint density at radius 3 is 2.23 bits per heavy atom. The molecule has 6 nitrogen and oxygen atoms in total. The molecular formula is C24H17ClN2O4. The third-order valence-electron chi connectivity index (χ3n) is 4.26. The van der Waals surface area contributed by atoms with Gasteiger partial charge in [-0.25, -0.2) is 4.79 Å².